The van der Waals surface area contributed by atoms with E-state index < -0.39 is 0 Å². The van der Waals surface area contributed by atoms with Crippen LogP contribution in [0.1, 0.15) is 32.6 Å². The van der Waals surface area contributed by atoms with Gasteiger partial charge in [-0.1, -0.05) is 15.9 Å². The van der Waals surface area contributed by atoms with Gasteiger partial charge in [0.05, 0.1) is 11.0 Å². The molecule has 2 aromatic rings. The van der Waals surface area contributed by atoms with E-state index in [1.807, 2.05) is 6.92 Å². The van der Waals surface area contributed by atoms with Crippen LogP contribution in [0.4, 0.5) is 0 Å². The molecule has 2 N–H and O–H groups in total. The average molecular weight is 296 g/mol. The van der Waals surface area contributed by atoms with E-state index in [1.165, 1.54) is 5.52 Å². The summed E-state index contributed by atoms with van der Waals surface area (Å²) in [5.41, 5.74) is 8.09. The normalized spacial score (nSPS) is 13.5. The third kappa shape index (κ3) is 2.53. The lowest BCUT2D eigenvalue weighted by Gasteiger charge is -2.14. The molecule has 0 bridgehead atoms. The molecule has 0 spiro atoms. The number of rotatable bonds is 3. The number of nitrogens with zero attached hydrogens (tertiary/aromatic N) is 2. The Morgan fingerprint density at radius 3 is 2.65 bits per heavy atom. The molecule has 92 valence electrons. The molecular weight excluding hydrogens is 278 g/mol. The van der Waals surface area contributed by atoms with Crippen molar-refractivity contribution in [2.75, 3.05) is 0 Å². The standard InChI is InChI=1S/C13H18BrN3/c1-8(2)17-12-5-4-10(14)7-11(12)16-13(17)6-9(3)15/h4-5,7-9H,6,15H2,1-3H3. The van der Waals surface area contributed by atoms with E-state index in [0.717, 1.165) is 22.2 Å². The first kappa shape index (κ1) is 12.6. The highest BCUT2D eigenvalue weighted by Gasteiger charge is 2.14. The average Bonchev–Trinajstić information content (AvgIpc) is 2.53. The van der Waals surface area contributed by atoms with Crippen LogP contribution in [0.15, 0.2) is 22.7 Å². The van der Waals surface area contributed by atoms with Crippen LogP contribution < -0.4 is 5.73 Å². The molecular formula is C13H18BrN3. The quantitative estimate of drug-likeness (QED) is 0.944. The summed E-state index contributed by atoms with van der Waals surface area (Å²) in [5, 5.41) is 0. The molecule has 0 radical (unpaired) electrons. The van der Waals surface area contributed by atoms with Crippen molar-refractivity contribution >= 4 is 27.0 Å². The maximum Gasteiger partial charge on any atom is 0.111 e. The van der Waals surface area contributed by atoms with Crippen molar-refractivity contribution in [3.05, 3.63) is 28.5 Å². The number of aromatic nitrogens is 2. The topological polar surface area (TPSA) is 43.8 Å². The highest BCUT2D eigenvalue weighted by Crippen LogP contribution is 2.24. The summed E-state index contributed by atoms with van der Waals surface area (Å²) in [5.74, 6) is 1.07. The summed E-state index contributed by atoms with van der Waals surface area (Å²) in [6.45, 7) is 6.36. The number of benzene rings is 1. The van der Waals surface area contributed by atoms with E-state index in [0.29, 0.717) is 6.04 Å². The van der Waals surface area contributed by atoms with Crippen LogP contribution in [0.25, 0.3) is 11.0 Å². The minimum absolute atomic E-state index is 0.132. The molecule has 0 fully saturated rings. The molecule has 4 heteroatoms. The molecule has 0 aliphatic heterocycles. The highest BCUT2D eigenvalue weighted by molar-refractivity contribution is 9.10. The molecule has 0 aliphatic carbocycles. The third-order valence-corrected chi connectivity index (χ3v) is 3.24. The van der Waals surface area contributed by atoms with Gasteiger partial charge in [-0.05, 0) is 39.0 Å². The van der Waals surface area contributed by atoms with Crippen LogP contribution in [0, 0.1) is 0 Å². The second kappa shape index (κ2) is 4.78. The van der Waals surface area contributed by atoms with Crippen molar-refractivity contribution in [1.82, 2.24) is 9.55 Å². The first-order valence-corrected chi connectivity index (χ1v) is 6.70. The zero-order valence-corrected chi connectivity index (χ0v) is 12.0. The van der Waals surface area contributed by atoms with Crippen molar-refractivity contribution in [3.63, 3.8) is 0 Å². The first-order valence-electron chi connectivity index (χ1n) is 5.91. The van der Waals surface area contributed by atoms with Crippen LogP contribution in [-0.2, 0) is 6.42 Å². The fourth-order valence-corrected chi connectivity index (χ4v) is 2.48. The van der Waals surface area contributed by atoms with Gasteiger partial charge in [-0.15, -0.1) is 0 Å². The van der Waals surface area contributed by atoms with Crippen molar-refractivity contribution < 1.29 is 0 Å². The van der Waals surface area contributed by atoms with E-state index >= 15 is 0 Å². The fourth-order valence-electron chi connectivity index (χ4n) is 2.13. The summed E-state index contributed by atoms with van der Waals surface area (Å²) >= 11 is 3.48. The molecule has 1 atom stereocenters. The van der Waals surface area contributed by atoms with E-state index in [-0.39, 0.29) is 6.04 Å². The second-order valence-electron chi connectivity index (χ2n) is 4.81. The molecule has 1 heterocycles. The van der Waals surface area contributed by atoms with E-state index in [4.69, 9.17) is 5.73 Å². The van der Waals surface area contributed by atoms with Gasteiger partial charge in [-0.25, -0.2) is 4.98 Å². The van der Waals surface area contributed by atoms with Crippen molar-refractivity contribution in [2.45, 2.75) is 39.3 Å². The minimum Gasteiger partial charge on any atom is -0.328 e. The van der Waals surface area contributed by atoms with Gasteiger partial charge < -0.3 is 10.3 Å². The molecule has 1 unspecified atom stereocenters. The van der Waals surface area contributed by atoms with Crippen LogP contribution in [0.5, 0.6) is 0 Å². The monoisotopic (exact) mass is 295 g/mol. The smallest absolute Gasteiger partial charge is 0.111 e. The lowest BCUT2D eigenvalue weighted by Crippen LogP contribution is -2.21. The lowest BCUT2D eigenvalue weighted by molar-refractivity contribution is 0.564. The molecule has 0 aliphatic rings. The Morgan fingerprint density at radius 1 is 1.35 bits per heavy atom. The van der Waals surface area contributed by atoms with Gasteiger partial charge in [-0.3, -0.25) is 0 Å². The number of hydrogen-bond donors (Lipinski definition) is 1. The van der Waals surface area contributed by atoms with Gasteiger partial charge in [0.2, 0.25) is 0 Å². The first-order chi connectivity index (χ1) is 7.99. The number of fused-ring (bicyclic) bond motifs is 1. The Bertz CT molecular complexity index is 529. The third-order valence-electron chi connectivity index (χ3n) is 2.75. The molecule has 17 heavy (non-hydrogen) atoms. The van der Waals surface area contributed by atoms with E-state index in [9.17, 15) is 0 Å². The Morgan fingerprint density at radius 2 is 2.06 bits per heavy atom. The van der Waals surface area contributed by atoms with E-state index in [2.05, 4.69) is 57.5 Å². The fraction of sp³-hybridized carbons (Fsp3) is 0.462. The summed E-state index contributed by atoms with van der Waals surface area (Å²) in [6.07, 6.45) is 0.810. The lowest BCUT2D eigenvalue weighted by atomic mass is 10.2. The summed E-state index contributed by atoms with van der Waals surface area (Å²) in [7, 11) is 0. The van der Waals surface area contributed by atoms with Crippen LogP contribution in [-0.4, -0.2) is 15.6 Å². The van der Waals surface area contributed by atoms with Crippen molar-refractivity contribution in [2.24, 2.45) is 5.73 Å². The summed E-state index contributed by atoms with van der Waals surface area (Å²) in [6, 6.07) is 6.75. The number of nitrogens with two attached hydrogens (primary N) is 1. The molecule has 0 amide bonds. The van der Waals surface area contributed by atoms with Gasteiger partial charge in [0, 0.05) is 23.0 Å². The predicted octanol–water partition coefficient (Wildman–Crippen LogP) is 3.27. The predicted molar refractivity (Wildman–Crippen MR) is 75.2 cm³/mol. The van der Waals surface area contributed by atoms with Crippen molar-refractivity contribution in [3.8, 4) is 0 Å². The van der Waals surface area contributed by atoms with Gasteiger partial charge >= 0.3 is 0 Å². The Kier molecular flexibility index (Phi) is 3.54. The Balaban J connectivity index is 2.61. The molecule has 3 nitrogen and oxygen atoms in total. The maximum atomic E-state index is 5.88. The van der Waals surface area contributed by atoms with Crippen LogP contribution in [0.3, 0.4) is 0 Å². The zero-order chi connectivity index (χ0) is 12.6. The summed E-state index contributed by atoms with van der Waals surface area (Å²) in [4.78, 5) is 4.69. The number of imidazole rings is 1. The van der Waals surface area contributed by atoms with Gasteiger partial charge in [0.1, 0.15) is 5.82 Å². The SMILES string of the molecule is CC(N)Cc1nc2cc(Br)ccc2n1C(C)C. The molecule has 1 aromatic carbocycles. The Hall–Kier alpha value is -0.870. The largest absolute Gasteiger partial charge is 0.328 e. The van der Waals surface area contributed by atoms with E-state index in [1.54, 1.807) is 0 Å². The van der Waals surface area contributed by atoms with Gasteiger partial charge in [0.15, 0.2) is 0 Å². The van der Waals surface area contributed by atoms with Crippen LogP contribution in [0.2, 0.25) is 0 Å². The van der Waals surface area contributed by atoms with Gasteiger partial charge in [0.25, 0.3) is 0 Å². The maximum absolute atomic E-state index is 5.88. The van der Waals surface area contributed by atoms with Gasteiger partial charge in [-0.2, -0.15) is 0 Å². The number of halogens is 1. The summed E-state index contributed by atoms with van der Waals surface area (Å²) < 4.78 is 3.33. The molecule has 0 saturated heterocycles. The molecule has 0 saturated carbocycles. The minimum atomic E-state index is 0.132. The second-order valence-corrected chi connectivity index (χ2v) is 5.72. The number of hydrogen-bond acceptors (Lipinski definition) is 2. The van der Waals surface area contributed by atoms with Crippen LogP contribution >= 0.6 is 15.9 Å². The molecule has 2 rings (SSSR count). The Labute approximate surface area is 110 Å². The zero-order valence-electron chi connectivity index (χ0n) is 10.4. The van der Waals surface area contributed by atoms with Crippen molar-refractivity contribution in [1.29, 1.82) is 0 Å². The molecule has 1 aromatic heterocycles. The highest BCUT2D eigenvalue weighted by atomic mass is 79.9.